The Kier molecular flexibility index (Phi) is 4.70. The number of nitro groups is 1. The van der Waals surface area contributed by atoms with Gasteiger partial charge in [0.05, 0.1) is 27.8 Å². The van der Waals surface area contributed by atoms with E-state index in [9.17, 15) is 14.9 Å². The molecule has 2 aromatic carbocycles. The molecule has 0 N–H and O–H groups in total. The number of carbonyl (C=O) groups is 1. The Labute approximate surface area is 184 Å². The maximum Gasteiger partial charge on any atom is 0.269 e. The lowest BCUT2D eigenvalue weighted by Crippen LogP contribution is -2.29. The number of pyridine rings is 1. The fraction of sp³-hybridized carbons (Fsp3) is 0.208. The third-order valence-corrected chi connectivity index (χ3v) is 5.77. The third-order valence-electron chi connectivity index (χ3n) is 5.77. The largest absolute Gasteiger partial charge is 0.308 e. The van der Waals surface area contributed by atoms with E-state index in [1.54, 1.807) is 23.2 Å². The number of fused-ring (bicyclic) bond motifs is 2. The van der Waals surface area contributed by atoms with Crippen molar-refractivity contribution in [1.82, 2.24) is 14.8 Å². The van der Waals surface area contributed by atoms with Gasteiger partial charge >= 0.3 is 0 Å². The number of hydrogen-bond acceptors (Lipinski definition) is 5. The molecule has 32 heavy (non-hydrogen) atoms. The zero-order chi connectivity index (χ0) is 22.4. The number of benzene rings is 2. The molecule has 3 heterocycles. The van der Waals surface area contributed by atoms with Crippen LogP contribution in [0.3, 0.4) is 0 Å². The van der Waals surface area contributed by atoms with Gasteiger partial charge in [0.25, 0.3) is 11.6 Å². The molecule has 1 aliphatic rings. The van der Waals surface area contributed by atoms with Crippen LogP contribution >= 0.6 is 0 Å². The molecule has 0 atom stereocenters. The van der Waals surface area contributed by atoms with Crippen LogP contribution in [-0.2, 0) is 6.42 Å². The molecule has 8 heteroatoms. The van der Waals surface area contributed by atoms with Gasteiger partial charge in [0.1, 0.15) is 0 Å². The second kappa shape index (κ2) is 7.56. The van der Waals surface area contributed by atoms with Crippen LogP contribution in [0.2, 0.25) is 0 Å². The fourth-order valence-corrected chi connectivity index (χ4v) is 4.19. The second-order valence-electron chi connectivity index (χ2n) is 8.12. The minimum absolute atomic E-state index is 0.0360. The van der Waals surface area contributed by atoms with Crippen molar-refractivity contribution in [1.29, 1.82) is 0 Å². The van der Waals surface area contributed by atoms with Gasteiger partial charge in [0.15, 0.2) is 5.65 Å². The lowest BCUT2D eigenvalue weighted by Gasteiger charge is -2.18. The predicted octanol–water partition coefficient (Wildman–Crippen LogP) is 4.79. The van der Waals surface area contributed by atoms with Crippen molar-refractivity contribution >= 4 is 28.3 Å². The Morgan fingerprint density at radius 2 is 1.91 bits per heavy atom. The van der Waals surface area contributed by atoms with Gasteiger partial charge in [0, 0.05) is 36.0 Å². The summed E-state index contributed by atoms with van der Waals surface area (Å²) >= 11 is 0. The molecule has 160 valence electrons. The van der Waals surface area contributed by atoms with Crippen molar-refractivity contribution in [3.63, 3.8) is 0 Å². The van der Waals surface area contributed by atoms with Gasteiger partial charge in [-0.05, 0) is 38.0 Å². The van der Waals surface area contributed by atoms with E-state index in [2.05, 4.69) is 5.10 Å². The van der Waals surface area contributed by atoms with E-state index in [1.807, 2.05) is 54.9 Å². The van der Waals surface area contributed by atoms with Crippen molar-refractivity contribution in [2.45, 2.75) is 26.3 Å². The molecule has 5 rings (SSSR count). The fourth-order valence-electron chi connectivity index (χ4n) is 4.19. The molecular formula is C24H21N5O3. The van der Waals surface area contributed by atoms with Crippen LogP contribution in [0.25, 0.3) is 22.3 Å². The molecule has 2 aromatic heterocycles. The zero-order valence-corrected chi connectivity index (χ0v) is 17.7. The first-order chi connectivity index (χ1) is 15.4. The van der Waals surface area contributed by atoms with Gasteiger partial charge in [-0.2, -0.15) is 5.10 Å². The lowest BCUT2D eigenvalue weighted by molar-refractivity contribution is -0.384. The first kappa shape index (κ1) is 19.9. The highest BCUT2D eigenvalue weighted by atomic mass is 16.6. The third kappa shape index (κ3) is 3.20. The van der Waals surface area contributed by atoms with Gasteiger partial charge in [-0.25, -0.2) is 9.67 Å². The second-order valence-corrected chi connectivity index (χ2v) is 8.12. The number of non-ortho nitro benzene ring substituents is 1. The Morgan fingerprint density at radius 3 is 2.62 bits per heavy atom. The summed E-state index contributed by atoms with van der Waals surface area (Å²) in [6.45, 7) is 4.51. The van der Waals surface area contributed by atoms with Crippen molar-refractivity contribution in [2.75, 3.05) is 11.4 Å². The van der Waals surface area contributed by atoms with E-state index in [4.69, 9.17) is 4.98 Å². The quantitative estimate of drug-likeness (QED) is 0.345. The zero-order valence-electron chi connectivity index (χ0n) is 17.7. The molecular weight excluding hydrogens is 406 g/mol. The monoisotopic (exact) mass is 427 g/mol. The number of anilines is 1. The average Bonchev–Trinajstić information content (AvgIpc) is 3.42. The topological polar surface area (TPSA) is 94.2 Å². The Bertz CT molecular complexity index is 1360. The maximum absolute atomic E-state index is 13.7. The van der Waals surface area contributed by atoms with Gasteiger partial charge in [-0.15, -0.1) is 0 Å². The molecule has 0 spiro atoms. The van der Waals surface area contributed by atoms with Crippen LogP contribution in [0.5, 0.6) is 0 Å². The molecule has 8 nitrogen and oxygen atoms in total. The van der Waals surface area contributed by atoms with Crippen LogP contribution in [0.1, 0.15) is 35.8 Å². The molecule has 1 aliphatic heterocycles. The van der Waals surface area contributed by atoms with E-state index in [0.29, 0.717) is 40.9 Å². The molecule has 0 bridgehead atoms. The number of amides is 1. The number of carbonyl (C=O) groups excluding carboxylic acids is 1. The minimum Gasteiger partial charge on any atom is -0.308 e. The van der Waals surface area contributed by atoms with Crippen LogP contribution in [0.4, 0.5) is 11.4 Å². The Hall–Kier alpha value is -4.07. The summed E-state index contributed by atoms with van der Waals surface area (Å²) in [6, 6.07) is 16.3. The van der Waals surface area contributed by atoms with Gasteiger partial charge in [-0.1, -0.05) is 30.3 Å². The van der Waals surface area contributed by atoms with E-state index in [-0.39, 0.29) is 17.6 Å². The Balaban J connectivity index is 1.64. The number of aromatic nitrogens is 3. The summed E-state index contributed by atoms with van der Waals surface area (Å²) in [5.41, 5.74) is 4.35. The van der Waals surface area contributed by atoms with E-state index >= 15 is 0 Å². The first-order valence-electron chi connectivity index (χ1n) is 10.5. The van der Waals surface area contributed by atoms with Crippen molar-refractivity contribution in [3.05, 3.63) is 82.0 Å². The van der Waals surface area contributed by atoms with Crippen molar-refractivity contribution < 1.29 is 9.72 Å². The van der Waals surface area contributed by atoms with Gasteiger partial charge in [-0.3, -0.25) is 14.9 Å². The smallest absolute Gasteiger partial charge is 0.269 e. The molecule has 4 aromatic rings. The maximum atomic E-state index is 13.7. The van der Waals surface area contributed by atoms with Crippen molar-refractivity contribution in [2.24, 2.45) is 0 Å². The summed E-state index contributed by atoms with van der Waals surface area (Å²) in [7, 11) is 0. The number of hydrogen-bond donors (Lipinski definition) is 0. The SMILES string of the molecule is CC(C)n1ncc2c(C(=O)N3CCc4cc([N+](=O)[O-])ccc43)cc(-c3ccccc3)nc21. The van der Waals surface area contributed by atoms with Gasteiger partial charge in [0.2, 0.25) is 0 Å². The van der Waals surface area contributed by atoms with Crippen LogP contribution < -0.4 is 4.90 Å². The average molecular weight is 427 g/mol. The number of nitrogens with zero attached hydrogens (tertiary/aromatic N) is 5. The first-order valence-corrected chi connectivity index (χ1v) is 10.5. The summed E-state index contributed by atoms with van der Waals surface area (Å²) in [4.78, 5) is 31.0. The highest BCUT2D eigenvalue weighted by molar-refractivity contribution is 6.14. The highest BCUT2D eigenvalue weighted by Crippen LogP contribution is 2.34. The van der Waals surface area contributed by atoms with E-state index in [1.165, 1.54) is 6.07 Å². The molecule has 0 fully saturated rings. The molecule has 0 radical (unpaired) electrons. The van der Waals surface area contributed by atoms with E-state index < -0.39 is 4.92 Å². The summed E-state index contributed by atoms with van der Waals surface area (Å²) in [5, 5.41) is 16.3. The predicted molar refractivity (Wildman–Crippen MR) is 122 cm³/mol. The van der Waals surface area contributed by atoms with Crippen LogP contribution in [0, 0.1) is 10.1 Å². The molecule has 0 unspecified atom stereocenters. The molecule has 0 aliphatic carbocycles. The normalized spacial score (nSPS) is 13.0. The summed E-state index contributed by atoms with van der Waals surface area (Å²) < 4.78 is 1.82. The molecule has 0 saturated carbocycles. The lowest BCUT2D eigenvalue weighted by atomic mass is 10.1. The Morgan fingerprint density at radius 1 is 1.12 bits per heavy atom. The summed E-state index contributed by atoms with van der Waals surface area (Å²) in [5.74, 6) is -0.162. The molecule has 0 saturated heterocycles. The van der Waals surface area contributed by atoms with Gasteiger partial charge < -0.3 is 4.90 Å². The van der Waals surface area contributed by atoms with Crippen LogP contribution in [-0.4, -0.2) is 32.1 Å². The van der Waals surface area contributed by atoms with E-state index in [0.717, 1.165) is 11.1 Å². The standard InChI is InChI=1S/C24H21N5O3/c1-15(2)28-23-20(14-25-28)19(13-21(26-23)16-6-4-3-5-7-16)24(30)27-11-10-17-12-18(29(31)32)8-9-22(17)27/h3-9,12-15H,10-11H2,1-2H3. The number of nitro benzene ring substituents is 1. The van der Waals surface area contributed by atoms with Crippen LogP contribution in [0.15, 0.2) is 60.8 Å². The number of rotatable bonds is 4. The van der Waals surface area contributed by atoms with Crippen molar-refractivity contribution in [3.8, 4) is 11.3 Å². The molecule has 1 amide bonds. The summed E-state index contributed by atoms with van der Waals surface area (Å²) in [6.07, 6.45) is 2.27. The highest BCUT2D eigenvalue weighted by Gasteiger charge is 2.29. The minimum atomic E-state index is -0.413.